The molecule has 1 aliphatic rings. The first-order valence-electron chi connectivity index (χ1n) is 11.0. The van der Waals surface area contributed by atoms with Gasteiger partial charge in [0.05, 0.1) is 25.0 Å². The number of hydrogen-bond donors (Lipinski definition) is 3. The number of amidine groups is 1. The van der Waals surface area contributed by atoms with Gasteiger partial charge in [-0.3, -0.25) is 9.79 Å². The molecule has 0 radical (unpaired) electrons. The summed E-state index contributed by atoms with van der Waals surface area (Å²) in [5, 5.41) is 6.68. The van der Waals surface area contributed by atoms with E-state index in [0.29, 0.717) is 19.0 Å². The second-order valence-electron chi connectivity index (χ2n) is 7.96. The molecule has 1 saturated carbocycles. The maximum absolute atomic E-state index is 11.5. The number of aliphatic imine (C=N–C) groups is 1. The minimum Gasteiger partial charge on any atom is -0.368 e. The quantitative estimate of drug-likeness (QED) is 0.174. The maximum Gasteiger partial charge on any atom is 0.185 e. The molecule has 1 aliphatic carbocycles. The average molecular weight is 424 g/mol. The molecule has 1 heterocycles. The Bertz CT molecular complexity index is 878. The van der Waals surface area contributed by atoms with Crippen LogP contribution in [-0.2, 0) is 9.63 Å². The van der Waals surface area contributed by atoms with Crippen molar-refractivity contribution in [1.29, 1.82) is 0 Å². The van der Waals surface area contributed by atoms with Gasteiger partial charge in [-0.2, -0.15) is 0 Å². The summed E-state index contributed by atoms with van der Waals surface area (Å²) in [6.07, 6.45) is 7.16. The van der Waals surface area contributed by atoms with Crippen LogP contribution in [0.5, 0.6) is 0 Å². The van der Waals surface area contributed by atoms with Crippen LogP contribution >= 0.6 is 0 Å². The van der Waals surface area contributed by atoms with E-state index in [1.54, 1.807) is 7.11 Å². The number of hydrogen-bond acceptors (Lipinski definition) is 6. The maximum atomic E-state index is 11.5. The highest BCUT2D eigenvalue weighted by Gasteiger charge is 2.15. The summed E-state index contributed by atoms with van der Waals surface area (Å²) in [6, 6.07) is 12.2. The van der Waals surface area contributed by atoms with Crippen molar-refractivity contribution in [2.24, 2.45) is 10.9 Å². The normalized spacial score (nSPS) is 15.0. The third-order valence-electron chi connectivity index (χ3n) is 5.51. The Morgan fingerprint density at radius 1 is 1.23 bits per heavy atom. The zero-order valence-corrected chi connectivity index (χ0v) is 18.5. The number of rotatable bonds is 10. The van der Waals surface area contributed by atoms with Crippen molar-refractivity contribution in [3.05, 3.63) is 42.0 Å². The van der Waals surface area contributed by atoms with Crippen LogP contribution in [0.4, 0.5) is 11.5 Å². The Kier molecular flexibility index (Phi) is 8.99. The molecule has 31 heavy (non-hydrogen) atoms. The molecule has 7 heteroatoms. The fraction of sp³-hybridized carbons (Fsp3) is 0.458. The summed E-state index contributed by atoms with van der Waals surface area (Å²) in [4.78, 5) is 25.5. The summed E-state index contributed by atoms with van der Waals surface area (Å²) in [5.41, 5.74) is 6.62. The highest BCUT2D eigenvalue weighted by Crippen LogP contribution is 2.28. The van der Waals surface area contributed by atoms with Crippen LogP contribution in [0.1, 0.15) is 37.7 Å². The Labute approximate surface area is 184 Å². The van der Waals surface area contributed by atoms with E-state index in [-0.39, 0.29) is 5.84 Å². The molecule has 0 saturated heterocycles. The van der Waals surface area contributed by atoms with Gasteiger partial charge >= 0.3 is 0 Å². The number of nitrogens with one attached hydrogen (secondary N) is 3. The molecule has 0 bridgehead atoms. The molecule has 3 N–H and O–H groups in total. The molecule has 3 rings (SSSR count). The highest BCUT2D eigenvalue weighted by atomic mass is 16.6. The van der Waals surface area contributed by atoms with E-state index in [2.05, 4.69) is 46.2 Å². The smallest absolute Gasteiger partial charge is 0.185 e. The molecule has 1 aromatic heterocycles. The van der Waals surface area contributed by atoms with E-state index in [1.807, 2.05) is 18.2 Å². The topological polar surface area (TPSA) is 87.6 Å². The third kappa shape index (κ3) is 7.15. The average Bonchev–Trinajstić information content (AvgIpc) is 2.81. The molecular formula is C24H33N5O2. The van der Waals surface area contributed by atoms with E-state index in [4.69, 9.17) is 9.82 Å². The van der Waals surface area contributed by atoms with E-state index < -0.39 is 0 Å². The van der Waals surface area contributed by atoms with Gasteiger partial charge in [0.2, 0.25) is 0 Å². The Hall–Kier alpha value is -2.77. The number of carbonyl (C=O) groups excluding carboxylic acids is 1. The van der Waals surface area contributed by atoms with Gasteiger partial charge in [-0.25, -0.2) is 10.5 Å². The van der Waals surface area contributed by atoms with Crippen molar-refractivity contribution in [3.63, 3.8) is 0 Å². The molecule has 0 atom stereocenters. The van der Waals surface area contributed by atoms with E-state index >= 15 is 0 Å². The molecule has 0 amide bonds. The number of benzene rings is 1. The van der Waals surface area contributed by atoms with Crippen molar-refractivity contribution in [2.45, 2.75) is 39.0 Å². The van der Waals surface area contributed by atoms with Crippen LogP contribution in [0.25, 0.3) is 11.3 Å². The molecular weight excluding hydrogens is 390 g/mol. The van der Waals surface area contributed by atoms with Gasteiger partial charge in [-0.15, -0.1) is 0 Å². The second kappa shape index (κ2) is 12.2. The predicted molar refractivity (Wildman–Crippen MR) is 126 cm³/mol. The molecule has 1 fully saturated rings. The molecule has 0 unspecified atom stereocenters. The van der Waals surface area contributed by atoms with Crippen molar-refractivity contribution >= 4 is 23.6 Å². The number of pyridine rings is 1. The lowest BCUT2D eigenvalue weighted by Crippen LogP contribution is -2.21. The minimum atomic E-state index is 0.267. The van der Waals surface area contributed by atoms with Crippen LogP contribution in [0, 0.1) is 12.8 Å². The van der Waals surface area contributed by atoms with E-state index in [1.165, 1.54) is 37.7 Å². The summed E-state index contributed by atoms with van der Waals surface area (Å²) in [5.74, 6) is 1.67. The lowest BCUT2D eigenvalue weighted by molar-refractivity contribution is -0.102. The van der Waals surface area contributed by atoms with Gasteiger partial charge in [0, 0.05) is 18.7 Å². The predicted octanol–water partition coefficient (Wildman–Crippen LogP) is 4.21. The first-order valence-corrected chi connectivity index (χ1v) is 11.0. The largest absolute Gasteiger partial charge is 0.368 e. The van der Waals surface area contributed by atoms with Gasteiger partial charge in [0.1, 0.15) is 0 Å². The minimum absolute atomic E-state index is 0.267. The number of aldehydes is 1. The first-order chi connectivity index (χ1) is 15.2. The van der Waals surface area contributed by atoms with Crippen LogP contribution < -0.4 is 16.1 Å². The fourth-order valence-corrected chi connectivity index (χ4v) is 3.86. The summed E-state index contributed by atoms with van der Waals surface area (Å²) >= 11 is 0. The van der Waals surface area contributed by atoms with Gasteiger partial charge in [0.25, 0.3) is 0 Å². The van der Waals surface area contributed by atoms with E-state index in [9.17, 15) is 4.79 Å². The van der Waals surface area contributed by atoms with Gasteiger partial charge < -0.3 is 15.5 Å². The monoisotopic (exact) mass is 423 g/mol. The van der Waals surface area contributed by atoms with Crippen molar-refractivity contribution < 1.29 is 9.63 Å². The molecule has 166 valence electrons. The Morgan fingerprint density at radius 2 is 2.06 bits per heavy atom. The number of aromatic nitrogens is 1. The zero-order valence-electron chi connectivity index (χ0n) is 18.5. The zero-order chi connectivity index (χ0) is 21.9. The number of aryl methyl sites for hydroxylation is 1. The van der Waals surface area contributed by atoms with Crippen LogP contribution in [0.2, 0.25) is 0 Å². The van der Waals surface area contributed by atoms with Crippen LogP contribution in [0.3, 0.4) is 0 Å². The Morgan fingerprint density at radius 3 is 2.81 bits per heavy atom. The van der Waals surface area contributed by atoms with Crippen molar-refractivity contribution in [2.75, 3.05) is 37.4 Å². The highest BCUT2D eigenvalue weighted by molar-refractivity contribution is 6.33. The molecule has 0 aliphatic heterocycles. The van der Waals surface area contributed by atoms with Gasteiger partial charge in [-0.1, -0.05) is 43.0 Å². The summed E-state index contributed by atoms with van der Waals surface area (Å²) in [7, 11) is 1.55. The van der Waals surface area contributed by atoms with Crippen LogP contribution in [0.15, 0.2) is 41.4 Å². The third-order valence-corrected chi connectivity index (χ3v) is 5.51. The molecule has 0 spiro atoms. The van der Waals surface area contributed by atoms with E-state index in [0.717, 1.165) is 35.6 Å². The fourth-order valence-electron chi connectivity index (χ4n) is 3.86. The molecule has 7 nitrogen and oxygen atoms in total. The van der Waals surface area contributed by atoms with Gasteiger partial charge in [0.15, 0.2) is 17.9 Å². The second-order valence-corrected chi connectivity index (χ2v) is 7.96. The molecule has 2 aromatic rings. The first kappa shape index (κ1) is 22.9. The number of carbonyl (C=O) groups is 1. The summed E-state index contributed by atoms with van der Waals surface area (Å²) in [6.45, 7) is 3.90. The lowest BCUT2D eigenvalue weighted by atomic mass is 9.89. The standard InChI is InChI=1S/C24H33N5O2/c1-18-7-6-10-20(15-18)21-11-12-22(28-23(17-30)25-13-14-27-31-2)24(29-21)26-16-19-8-4-3-5-9-19/h6-7,10-12,15,17,19,27H,3-5,8-9,13-14,16H2,1-2H3,(H,25,28)(H,26,29). The Balaban J connectivity index is 1.80. The van der Waals surface area contributed by atoms with Crippen LogP contribution in [-0.4, -0.2) is 43.8 Å². The van der Waals surface area contributed by atoms with Crippen molar-refractivity contribution in [1.82, 2.24) is 10.5 Å². The number of hydroxylamine groups is 1. The molecule has 1 aromatic carbocycles. The van der Waals surface area contributed by atoms with Gasteiger partial charge in [-0.05, 0) is 43.9 Å². The number of anilines is 2. The SMILES string of the molecule is CONCCN=C(C=O)Nc1ccc(-c2cccc(C)c2)nc1NCC1CCCCC1. The lowest BCUT2D eigenvalue weighted by Gasteiger charge is -2.23. The number of nitrogens with zero attached hydrogens (tertiary/aromatic N) is 2. The van der Waals surface area contributed by atoms with Crippen molar-refractivity contribution in [3.8, 4) is 11.3 Å². The summed E-state index contributed by atoms with van der Waals surface area (Å²) < 4.78 is 0.